The molecule has 2 aromatic carbocycles. The van der Waals surface area contributed by atoms with E-state index in [2.05, 4.69) is 4.72 Å². The highest BCUT2D eigenvalue weighted by atomic mass is 32.2. The summed E-state index contributed by atoms with van der Waals surface area (Å²) in [6.45, 7) is 0.606. The number of hydrogen-bond acceptors (Lipinski definition) is 6. The van der Waals surface area contributed by atoms with Crippen LogP contribution in [0.5, 0.6) is 5.75 Å². The highest BCUT2D eigenvalue weighted by molar-refractivity contribution is 7.92. The summed E-state index contributed by atoms with van der Waals surface area (Å²) in [4.78, 5) is 0. The highest BCUT2D eigenvalue weighted by Gasteiger charge is 2.29. The average molecular weight is 479 g/mol. The van der Waals surface area contributed by atoms with Gasteiger partial charge in [0.2, 0.25) is 10.0 Å². The van der Waals surface area contributed by atoms with Gasteiger partial charge in [0.05, 0.1) is 12.9 Å². The minimum Gasteiger partial charge on any atom is -0.497 e. The Bertz CT molecular complexity index is 1290. The van der Waals surface area contributed by atoms with Gasteiger partial charge in [-0.05, 0) is 58.8 Å². The number of fused-ring (bicyclic) bond motifs is 1. The van der Waals surface area contributed by atoms with Crippen molar-refractivity contribution >= 4 is 37.1 Å². The van der Waals surface area contributed by atoms with E-state index in [9.17, 15) is 16.8 Å². The van der Waals surface area contributed by atoms with E-state index in [1.54, 1.807) is 53.9 Å². The Morgan fingerprint density at radius 2 is 1.87 bits per heavy atom. The van der Waals surface area contributed by atoms with Gasteiger partial charge < -0.3 is 4.74 Å². The molecule has 0 spiro atoms. The molecule has 0 bridgehead atoms. The molecule has 4 rings (SSSR count). The first-order valence-corrected chi connectivity index (χ1v) is 13.5. The molecular weight excluding hydrogens is 456 g/mol. The summed E-state index contributed by atoms with van der Waals surface area (Å²) in [5, 5.41) is 1.74. The van der Waals surface area contributed by atoms with Crippen molar-refractivity contribution < 1.29 is 21.6 Å². The first kappa shape index (κ1) is 21.8. The van der Waals surface area contributed by atoms with E-state index in [0.29, 0.717) is 34.2 Å². The van der Waals surface area contributed by atoms with Gasteiger partial charge in [-0.1, -0.05) is 24.3 Å². The molecule has 7 nitrogen and oxygen atoms in total. The first-order valence-electron chi connectivity index (χ1n) is 9.56. The fraction of sp³-hybridized carbons (Fsp3) is 0.238. The Morgan fingerprint density at radius 1 is 1.03 bits per heavy atom. The van der Waals surface area contributed by atoms with Gasteiger partial charge in [-0.25, -0.2) is 16.8 Å². The maximum atomic E-state index is 12.8. The summed E-state index contributed by atoms with van der Waals surface area (Å²) in [6.07, 6.45) is 0.580. The van der Waals surface area contributed by atoms with Crippen LogP contribution in [-0.2, 0) is 38.8 Å². The zero-order chi connectivity index (χ0) is 22.1. The Hall–Kier alpha value is -2.40. The maximum absolute atomic E-state index is 12.8. The number of nitrogens with one attached hydrogen (secondary N) is 1. The van der Waals surface area contributed by atoms with Gasteiger partial charge in [-0.3, -0.25) is 4.72 Å². The molecular formula is C21H22N2O5S3. The number of sulfonamides is 2. The van der Waals surface area contributed by atoms with Crippen LogP contribution in [-0.4, -0.2) is 34.8 Å². The van der Waals surface area contributed by atoms with Crippen molar-refractivity contribution in [1.82, 2.24) is 4.31 Å². The summed E-state index contributed by atoms with van der Waals surface area (Å²) in [7, 11) is -5.68. The van der Waals surface area contributed by atoms with Crippen LogP contribution in [0.3, 0.4) is 0 Å². The number of rotatable bonds is 7. The highest BCUT2D eigenvalue weighted by Crippen LogP contribution is 2.29. The zero-order valence-electron chi connectivity index (χ0n) is 16.8. The second kappa shape index (κ2) is 8.62. The van der Waals surface area contributed by atoms with Gasteiger partial charge in [0.25, 0.3) is 10.0 Å². The van der Waals surface area contributed by atoms with Crippen molar-refractivity contribution in [2.45, 2.75) is 22.9 Å². The van der Waals surface area contributed by atoms with Crippen LogP contribution in [0, 0.1) is 0 Å². The van der Waals surface area contributed by atoms with Crippen molar-refractivity contribution in [3.8, 4) is 5.75 Å². The van der Waals surface area contributed by atoms with Gasteiger partial charge in [0, 0.05) is 18.8 Å². The standard InChI is InChI=1S/C21H22N2O5S3/c1-28-20-5-2-4-16(12-20)15-30(24,25)22-19-8-7-17-9-10-23(14-18(17)13-19)31(26,27)21-6-3-11-29-21/h2-8,11-13,22H,9-10,14-15H2,1H3. The summed E-state index contributed by atoms with van der Waals surface area (Å²) >= 11 is 1.19. The monoisotopic (exact) mass is 478 g/mol. The molecule has 0 saturated carbocycles. The van der Waals surface area contributed by atoms with Gasteiger partial charge in [0.15, 0.2) is 0 Å². The van der Waals surface area contributed by atoms with Crippen LogP contribution in [0.25, 0.3) is 0 Å². The lowest BCUT2D eigenvalue weighted by atomic mass is 10.0. The molecule has 0 atom stereocenters. The fourth-order valence-corrected chi connectivity index (χ4v) is 7.27. The number of anilines is 1. The summed E-state index contributed by atoms with van der Waals surface area (Å²) < 4.78 is 60.5. The van der Waals surface area contributed by atoms with E-state index in [1.807, 2.05) is 6.07 Å². The lowest BCUT2D eigenvalue weighted by molar-refractivity contribution is 0.392. The Labute approximate surface area is 186 Å². The zero-order valence-corrected chi connectivity index (χ0v) is 19.3. The van der Waals surface area contributed by atoms with E-state index in [1.165, 1.54) is 22.8 Å². The largest absolute Gasteiger partial charge is 0.497 e. The fourth-order valence-electron chi connectivity index (χ4n) is 3.53. The molecule has 1 aromatic heterocycles. The molecule has 1 aliphatic rings. The van der Waals surface area contributed by atoms with Crippen LogP contribution >= 0.6 is 11.3 Å². The molecule has 0 fully saturated rings. The molecule has 164 valence electrons. The molecule has 0 unspecified atom stereocenters. The predicted octanol–water partition coefficient (Wildman–Crippen LogP) is 3.45. The third kappa shape index (κ3) is 4.93. The predicted molar refractivity (Wildman–Crippen MR) is 121 cm³/mol. The van der Waals surface area contributed by atoms with E-state index in [-0.39, 0.29) is 12.3 Å². The van der Waals surface area contributed by atoms with Crippen molar-refractivity contribution in [1.29, 1.82) is 0 Å². The SMILES string of the molecule is COc1cccc(CS(=O)(=O)Nc2ccc3c(c2)CN(S(=O)(=O)c2cccs2)CC3)c1. The van der Waals surface area contributed by atoms with Gasteiger partial charge in [-0.2, -0.15) is 4.31 Å². The topological polar surface area (TPSA) is 92.8 Å². The van der Waals surface area contributed by atoms with Crippen molar-refractivity contribution in [2.24, 2.45) is 0 Å². The summed E-state index contributed by atoms with van der Waals surface area (Å²) in [6, 6.07) is 15.5. The minimum absolute atomic E-state index is 0.194. The van der Waals surface area contributed by atoms with Crippen LogP contribution in [0.2, 0.25) is 0 Å². The van der Waals surface area contributed by atoms with Crippen LogP contribution in [0.15, 0.2) is 64.2 Å². The van der Waals surface area contributed by atoms with Crippen LogP contribution in [0.4, 0.5) is 5.69 Å². The van der Waals surface area contributed by atoms with Crippen molar-refractivity contribution in [3.05, 3.63) is 76.7 Å². The summed E-state index contributed by atoms with van der Waals surface area (Å²) in [5.41, 5.74) is 2.84. The van der Waals surface area contributed by atoms with Gasteiger partial charge >= 0.3 is 0 Å². The summed E-state index contributed by atoms with van der Waals surface area (Å²) in [5.74, 6) is 0.397. The molecule has 10 heteroatoms. The van der Waals surface area contributed by atoms with E-state index in [4.69, 9.17) is 4.74 Å². The Balaban J connectivity index is 1.52. The minimum atomic E-state index is -3.65. The Morgan fingerprint density at radius 3 is 2.61 bits per heavy atom. The molecule has 2 heterocycles. The lowest BCUT2D eigenvalue weighted by Crippen LogP contribution is -2.35. The van der Waals surface area contributed by atoms with Gasteiger partial charge in [-0.15, -0.1) is 11.3 Å². The number of benzene rings is 2. The molecule has 1 aliphatic heterocycles. The number of hydrogen-bond donors (Lipinski definition) is 1. The molecule has 0 radical (unpaired) electrons. The smallest absolute Gasteiger partial charge is 0.252 e. The molecule has 3 aromatic rings. The molecule has 1 N–H and O–H groups in total. The number of nitrogens with zero attached hydrogens (tertiary/aromatic N) is 1. The molecule has 0 amide bonds. The van der Waals surface area contributed by atoms with Crippen molar-refractivity contribution in [3.63, 3.8) is 0 Å². The van der Waals surface area contributed by atoms with E-state index < -0.39 is 20.0 Å². The number of methoxy groups -OCH3 is 1. The Kier molecular flexibility index (Phi) is 6.07. The van der Waals surface area contributed by atoms with Gasteiger partial charge in [0.1, 0.15) is 9.96 Å². The van der Waals surface area contributed by atoms with E-state index in [0.717, 1.165) is 11.1 Å². The van der Waals surface area contributed by atoms with Crippen LogP contribution < -0.4 is 9.46 Å². The molecule has 0 aliphatic carbocycles. The van der Waals surface area contributed by atoms with Crippen molar-refractivity contribution in [2.75, 3.05) is 18.4 Å². The first-order chi connectivity index (χ1) is 14.8. The second-order valence-electron chi connectivity index (χ2n) is 7.22. The maximum Gasteiger partial charge on any atom is 0.252 e. The van der Waals surface area contributed by atoms with E-state index >= 15 is 0 Å². The number of thiophene rings is 1. The quantitative estimate of drug-likeness (QED) is 0.562. The average Bonchev–Trinajstić information content (AvgIpc) is 3.28. The third-order valence-corrected chi connectivity index (χ3v) is 9.52. The lowest BCUT2D eigenvalue weighted by Gasteiger charge is -2.28. The third-order valence-electron chi connectivity index (χ3n) is 5.04. The van der Waals surface area contributed by atoms with Crippen LogP contribution in [0.1, 0.15) is 16.7 Å². The number of ether oxygens (including phenoxy) is 1. The molecule has 0 saturated heterocycles. The second-order valence-corrected chi connectivity index (χ2v) is 12.1. The molecule has 31 heavy (non-hydrogen) atoms. The normalized spacial score (nSPS) is 14.7.